The third-order valence-electron chi connectivity index (χ3n) is 1.14. The maximum Gasteiger partial charge on any atom is 0.269 e. The van der Waals surface area contributed by atoms with E-state index in [1.165, 1.54) is 6.20 Å². The highest BCUT2D eigenvalue weighted by Gasteiger charge is 2.04. The molecule has 4 heteroatoms. The third kappa shape index (κ3) is 1.10. The molecule has 1 amide bonds. The lowest BCUT2D eigenvalue weighted by Crippen LogP contribution is -2.15. The summed E-state index contributed by atoms with van der Waals surface area (Å²) >= 11 is 0. The Morgan fingerprint density at radius 1 is 1.90 bits per heavy atom. The van der Waals surface area contributed by atoms with Crippen LogP contribution >= 0.6 is 0 Å². The topological polar surface area (TPSA) is 68.9 Å². The number of rotatable bonds is 1. The summed E-state index contributed by atoms with van der Waals surface area (Å²) in [5.74, 6) is -0.532. The van der Waals surface area contributed by atoms with E-state index in [0.29, 0.717) is 5.56 Å². The van der Waals surface area contributed by atoms with E-state index in [0.717, 1.165) is 0 Å². The molecule has 52 valence electrons. The predicted octanol–water partition coefficient (Wildman–Crippen LogP) is -0.116. The lowest BCUT2D eigenvalue weighted by molar-refractivity contribution is 0.0994. The van der Waals surface area contributed by atoms with Crippen molar-refractivity contribution in [2.45, 2.75) is 6.92 Å². The summed E-state index contributed by atoms with van der Waals surface area (Å²) < 4.78 is 6.58. The normalized spacial score (nSPS) is 10.3. The summed E-state index contributed by atoms with van der Waals surface area (Å²) in [4.78, 5) is 10.8. The summed E-state index contributed by atoms with van der Waals surface area (Å²) in [6.45, 7) is 1.74. The van der Waals surface area contributed by atoms with E-state index in [1.807, 2.05) is 0 Å². The van der Waals surface area contributed by atoms with Crippen LogP contribution in [-0.4, -0.2) is 16.1 Å². The van der Waals surface area contributed by atoms with Crippen molar-refractivity contribution in [2.24, 2.45) is 5.73 Å². The molecular formula is C6H7N3O. The number of aryl methyl sites for hydroxylation is 1. The number of nitrogens with two attached hydrogens (primary N) is 1. The number of carbonyl (C=O) groups is 1. The zero-order valence-electron chi connectivity index (χ0n) is 6.46. The van der Waals surface area contributed by atoms with E-state index in [9.17, 15) is 4.79 Å². The third-order valence-corrected chi connectivity index (χ3v) is 1.14. The van der Waals surface area contributed by atoms with E-state index in [2.05, 4.69) is 10.2 Å². The van der Waals surface area contributed by atoms with Gasteiger partial charge in [-0.2, -0.15) is 5.10 Å². The molecule has 1 rings (SSSR count). The molecule has 0 bridgehead atoms. The monoisotopic (exact) mass is 138 g/mol. The highest BCUT2D eigenvalue weighted by atomic mass is 16.1. The van der Waals surface area contributed by atoms with Crippen LogP contribution in [0.15, 0.2) is 12.3 Å². The standard InChI is InChI=1S/C6H7N3O/c1-4-2-3-8-9-5(4)6(7)10/h2-3H,1H3,(H2,7,10)/i/hD. The molecule has 0 spiro atoms. The summed E-state index contributed by atoms with van der Waals surface area (Å²) in [7, 11) is 0. The Kier molecular flexibility index (Phi) is 1.30. The van der Waals surface area contributed by atoms with Gasteiger partial charge in [-0.05, 0) is 18.6 Å². The molecule has 4 nitrogen and oxygen atoms in total. The van der Waals surface area contributed by atoms with Crippen molar-refractivity contribution in [1.29, 1.82) is 0 Å². The Balaban J connectivity index is 3.03. The van der Waals surface area contributed by atoms with Crippen LogP contribution < -0.4 is 5.73 Å². The van der Waals surface area contributed by atoms with Gasteiger partial charge in [-0.15, -0.1) is 5.10 Å². The molecule has 0 aliphatic carbocycles. The molecule has 10 heavy (non-hydrogen) atoms. The van der Waals surface area contributed by atoms with Gasteiger partial charge in [0.1, 0.15) is 0 Å². The molecule has 0 fully saturated rings. The largest absolute Gasteiger partial charge is 0.364 e. The van der Waals surface area contributed by atoms with Crippen molar-refractivity contribution in [1.82, 2.24) is 10.2 Å². The van der Waals surface area contributed by atoms with Crippen LogP contribution in [0.4, 0.5) is 0 Å². The second-order valence-corrected chi connectivity index (χ2v) is 1.89. The predicted molar refractivity (Wildman–Crippen MR) is 35.3 cm³/mol. The second-order valence-electron chi connectivity index (χ2n) is 1.89. The highest BCUT2D eigenvalue weighted by molar-refractivity contribution is 5.91. The van der Waals surface area contributed by atoms with Crippen molar-refractivity contribution in [3.8, 4) is 0 Å². The first-order chi connectivity index (χ1) is 5.25. The number of amides is 1. The van der Waals surface area contributed by atoms with Gasteiger partial charge in [-0.3, -0.25) is 4.79 Å². The van der Waals surface area contributed by atoms with Crippen molar-refractivity contribution in [3.63, 3.8) is 0 Å². The first-order valence-corrected chi connectivity index (χ1v) is 2.76. The zero-order valence-corrected chi connectivity index (χ0v) is 5.46. The molecule has 1 aromatic heterocycles. The van der Waals surface area contributed by atoms with Crippen LogP contribution in [0.2, 0.25) is 1.41 Å². The SMILES string of the molecule is [2H]NC(=O)c1nnccc1C. The van der Waals surface area contributed by atoms with Gasteiger partial charge in [0.25, 0.3) is 5.91 Å². The number of primary amides is 1. The molecule has 0 atom stereocenters. The smallest absolute Gasteiger partial charge is 0.269 e. The fourth-order valence-electron chi connectivity index (χ4n) is 0.618. The van der Waals surface area contributed by atoms with Crippen LogP contribution in [0.1, 0.15) is 16.1 Å². The molecule has 0 saturated heterocycles. The summed E-state index contributed by atoms with van der Waals surface area (Å²) in [5, 5.41) is 7.09. The molecule has 1 aromatic rings. The minimum Gasteiger partial charge on any atom is -0.364 e. The quantitative estimate of drug-likeness (QED) is 0.588. The van der Waals surface area contributed by atoms with Crippen LogP contribution in [0, 0.1) is 6.92 Å². The summed E-state index contributed by atoms with van der Waals surface area (Å²) in [5.41, 5.74) is 2.64. The van der Waals surface area contributed by atoms with Gasteiger partial charge in [0.05, 0.1) is 0 Å². The molecule has 0 aliphatic rings. The van der Waals surface area contributed by atoms with E-state index in [4.69, 9.17) is 1.41 Å². The molecule has 0 aliphatic heterocycles. The average Bonchev–Trinajstić information content (AvgIpc) is 2.04. The zero-order chi connectivity index (χ0) is 8.27. The average molecular weight is 138 g/mol. The van der Waals surface area contributed by atoms with Gasteiger partial charge in [0, 0.05) is 6.20 Å². The van der Waals surface area contributed by atoms with Gasteiger partial charge < -0.3 is 5.73 Å². The summed E-state index contributed by atoms with van der Waals surface area (Å²) in [6, 6.07) is 1.66. The van der Waals surface area contributed by atoms with Gasteiger partial charge in [0.2, 0.25) is 0 Å². The number of hydrogen-bond acceptors (Lipinski definition) is 3. The summed E-state index contributed by atoms with van der Waals surface area (Å²) in [6.07, 6.45) is 1.50. The number of hydrogen-bond donors (Lipinski definition) is 1. The first-order valence-electron chi connectivity index (χ1n) is 3.26. The van der Waals surface area contributed by atoms with Crippen LogP contribution in [0.5, 0.6) is 0 Å². The van der Waals surface area contributed by atoms with Crippen LogP contribution in [0.25, 0.3) is 0 Å². The minimum absolute atomic E-state index is 0.197. The number of carbonyl (C=O) groups excluding carboxylic acids is 1. The van der Waals surface area contributed by atoms with Crippen molar-refractivity contribution in [3.05, 3.63) is 23.5 Å². The highest BCUT2D eigenvalue weighted by Crippen LogP contribution is 1.98. The van der Waals surface area contributed by atoms with E-state index in [-0.39, 0.29) is 5.69 Å². The van der Waals surface area contributed by atoms with Crippen LogP contribution in [-0.2, 0) is 0 Å². The molecule has 2 N–H and O–H groups in total. The minimum atomic E-state index is -0.532. The van der Waals surface area contributed by atoms with E-state index >= 15 is 0 Å². The molecule has 0 saturated carbocycles. The second kappa shape index (κ2) is 2.43. The Morgan fingerprint density at radius 2 is 2.70 bits per heavy atom. The van der Waals surface area contributed by atoms with Gasteiger partial charge in [-0.1, -0.05) is 0 Å². The lowest BCUT2D eigenvalue weighted by Gasteiger charge is -1.94. The Morgan fingerprint density at radius 3 is 3.30 bits per heavy atom. The van der Waals surface area contributed by atoms with Crippen molar-refractivity contribution >= 4 is 5.91 Å². The molecular weight excluding hydrogens is 130 g/mol. The number of aromatic nitrogens is 2. The van der Waals surface area contributed by atoms with Crippen molar-refractivity contribution in [2.75, 3.05) is 0 Å². The van der Waals surface area contributed by atoms with E-state index < -0.39 is 5.91 Å². The molecule has 0 aromatic carbocycles. The molecule has 1 heterocycles. The van der Waals surface area contributed by atoms with Crippen molar-refractivity contribution < 1.29 is 6.21 Å². The Labute approximate surface area is 59.5 Å². The van der Waals surface area contributed by atoms with Crippen LogP contribution in [0.3, 0.4) is 0 Å². The number of nitrogens with zero attached hydrogens (tertiary/aromatic N) is 2. The fraction of sp³-hybridized carbons (Fsp3) is 0.167. The first kappa shape index (κ1) is 5.34. The van der Waals surface area contributed by atoms with Gasteiger partial charge in [-0.25, -0.2) is 0 Å². The Hall–Kier alpha value is -1.45. The molecule has 0 radical (unpaired) electrons. The van der Waals surface area contributed by atoms with E-state index in [1.54, 1.807) is 18.7 Å². The van der Waals surface area contributed by atoms with Gasteiger partial charge in [0.15, 0.2) is 7.11 Å². The van der Waals surface area contributed by atoms with Gasteiger partial charge >= 0.3 is 0 Å². The molecule has 0 unspecified atom stereocenters. The Bertz CT molecular complexity index is 276. The fourth-order valence-corrected chi connectivity index (χ4v) is 0.618. The maximum atomic E-state index is 10.8. The lowest BCUT2D eigenvalue weighted by atomic mass is 10.2. The maximum absolute atomic E-state index is 10.8.